The van der Waals surface area contributed by atoms with Crippen LogP contribution >= 0.6 is 0 Å². The highest BCUT2D eigenvalue weighted by atomic mass is 32.2. The summed E-state index contributed by atoms with van der Waals surface area (Å²) < 4.78 is 57.2. The van der Waals surface area contributed by atoms with Crippen molar-refractivity contribution in [2.24, 2.45) is 0 Å². The molecule has 0 radical (unpaired) electrons. The van der Waals surface area contributed by atoms with Crippen LogP contribution in [0.25, 0.3) is 0 Å². The molecule has 3 rings (SSSR count). The lowest BCUT2D eigenvalue weighted by Crippen LogP contribution is -2.53. The van der Waals surface area contributed by atoms with Crippen molar-refractivity contribution in [1.82, 2.24) is 14.4 Å². The normalized spacial score (nSPS) is 21.1. The van der Waals surface area contributed by atoms with E-state index in [9.17, 15) is 13.2 Å². The van der Waals surface area contributed by atoms with Crippen LogP contribution in [0.4, 0.5) is 4.39 Å². The van der Waals surface area contributed by atoms with Gasteiger partial charge in [-0.25, -0.2) is 17.6 Å². The van der Waals surface area contributed by atoms with Crippen molar-refractivity contribution in [1.29, 1.82) is 0 Å². The monoisotopic (exact) mass is 469 g/mol. The summed E-state index contributed by atoms with van der Waals surface area (Å²) in [5.41, 5.74) is -2.61. The molecule has 0 spiro atoms. The highest BCUT2D eigenvalue weighted by molar-refractivity contribution is 7.89. The van der Waals surface area contributed by atoms with Gasteiger partial charge in [-0.1, -0.05) is 18.2 Å². The second-order valence-corrected chi connectivity index (χ2v) is 8.99. The minimum absolute atomic E-state index is 0.100. The molecule has 32 heavy (non-hydrogen) atoms. The molecule has 2 unspecified atom stereocenters. The van der Waals surface area contributed by atoms with Crippen molar-refractivity contribution in [3.05, 3.63) is 36.4 Å². The quantitative estimate of drug-likeness (QED) is 0.537. The van der Waals surface area contributed by atoms with Crippen molar-refractivity contribution in [2.45, 2.75) is 42.4 Å². The molecule has 0 bridgehead atoms. The highest BCUT2D eigenvalue weighted by Crippen LogP contribution is 2.36. The Morgan fingerprint density at radius 1 is 1.12 bits per heavy atom. The van der Waals surface area contributed by atoms with Gasteiger partial charge in [-0.15, -0.1) is 0 Å². The summed E-state index contributed by atoms with van der Waals surface area (Å²) in [7, 11) is -0.381. The van der Waals surface area contributed by atoms with Crippen LogP contribution in [0.15, 0.2) is 41.3 Å². The van der Waals surface area contributed by atoms with Gasteiger partial charge < -0.3 is 19.0 Å². The molecule has 0 amide bonds. The smallest absolute Gasteiger partial charge is 0.367 e. The molecule has 1 saturated carbocycles. The maximum Gasteiger partial charge on any atom is 0.367 e. The van der Waals surface area contributed by atoms with Gasteiger partial charge >= 0.3 is 12.0 Å². The number of benzene rings is 1. The van der Waals surface area contributed by atoms with E-state index in [-0.39, 0.29) is 35.5 Å². The number of alkyl halides is 1. The second-order valence-electron chi connectivity index (χ2n) is 7.06. The van der Waals surface area contributed by atoms with Crippen LogP contribution in [-0.4, -0.2) is 61.9 Å². The van der Waals surface area contributed by atoms with E-state index in [1.807, 2.05) is 0 Å². The highest BCUT2D eigenvalue weighted by Gasteiger charge is 2.52. The van der Waals surface area contributed by atoms with Crippen LogP contribution in [0.3, 0.4) is 0 Å². The van der Waals surface area contributed by atoms with Crippen LogP contribution in [0.2, 0.25) is 0 Å². The van der Waals surface area contributed by atoms with E-state index < -0.39 is 27.8 Å². The summed E-state index contributed by atoms with van der Waals surface area (Å²) in [6.45, 7) is 0. The van der Waals surface area contributed by atoms with E-state index >= 15 is 4.39 Å². The molecule has 174 valence electrons. The Bertz CT molecular complexity index is 1030. The number of sulfonamides is 1. The Morgan fingerprint density at radius 2 is 1.75 bits per heavy atom. The maximum absolute atomic E-state index is 15.9. The average Bonchev–Trinajstić information content (AvgIpc) is 2.80. The molecule has 0 aliphatic heterocycles. The number of hydroxylamine groups is 1. The SMILES string of the molecule is COc1cc(OC)nc(OC2CCCCC2(F)C(=O)ON(C)S(=O)(=O)c2ccccc2)n1. The minimum atomic E-state index is -4.17. The lowest BCUT2D eigenvalue weighted by molar-refractivity contribution is -0.191. The Labute approximate surface area is 185 Å². The van der Waals surface area contributed by atoms with E-state index in [0.29, 0.717) is 17.3 Å². The number of hydrogen-bond donors (Lipinski definition) is 0. The lowest BCUT2D eigenvalue weighted by Gasteiger charge is -2.35. The molecule has 1 aliphatic rings. The van der Waals surface area contributed by atoms with Gasteiger partial charge in [0.1, 0.15) is 6.10 Å². The molecule has 1 aromatic heterocycles. The van der Waals surface area contributed by atoms with Crippen LogP contribution in [0, 0.1) is 0 Å². The summed E-state index contributed by atoms with van der Waals surface area (Å²) in [6, 6.07) is 8.53. The third kappa shape index (κ3) is 4.91. The molecule has 10 nitrogen and oxygen atoms in total. The topological polar surface area (TPSA) is 117 Å². The predicted octanol–water partition coefficient (Wildman–Crippen LogP) is 2.30. The molecule has 0 N–H and O–H groups in total. The molecule has 2 aromatic rings. The van der Waals surface area contributed by atoms with E-state index in [4.69, 9.17) is 19.0 Å². The first-order chi connectivity index (χ1) is 15.2. The number of nitrogens with zero attached hydrogens (tertiary/aromatic N) is 3. The first-order valence-electron chi connectivity index (χ1n) is 9.79. The van der Waals surface area contributed by atoms with Crippen LogP contribution in [0.1, 0.15) is 25.7 Å². The summed E-state index contributed by atoms with van der Waals surface area (Å²) >= 11 is 0. The summed E-state index contributed by atoms with van der Waals surface area (Å²) in [5.74, 6) is -1.12. The summed E-state index contributed by atoms with van der Waals surface area (Å²) in [6.07, 6.45) is -0.361. The number of rotatable bonds is 8. The van der Waals surface area contributed by atoms with Crippen LogP contribution in [-0.2, 0) is 19.7 Å². The fraction of sp³-hybridized carbons (Fsp3) is 0.450. The van der Waals surface area contributed by atoms with Crippen molar-refractivity contribution in [3.63, 3.8) is 0 Å². The number of hydrogen-bond acceptors (Lipinski definition) is 9. The molecule has 12 heteroatoms. The fourth-order valence-electron chi connectivity index (χ4n) is 3.24. The molecule has 1 heterocycles. The number of carbonyl (C=O) groups is 1. The van der Waals surface area contributed by atoms with Crippen LogP contribution < -0.4 is 14.2 Å². The average molecular weight is 469 g/mol. The minimum Gasteiger partial charge on any atom is -0.481 e. The first kappa shape index (κ1) is 23.7. The van der Waals surface area contributed by atoms with Crippen molar-refractivity contribution >= 4 is 16.0 Å². The number of halogens is 1. The third-order valence-electron chi connectivity index (χ3n) is 5.02. The van der Waals surface area contributed by atoms with Gasteiger partial charge in [-0.05, 0) is 42.3 Å². The van der Waals surface area contributed by atoms with Gasteiger partial charge in [0.15, 0.2) is 0 Å². The van der Waals surface area contributed by atoms with Gasteiger partial charge in [0, 0.05) is 7.05 Å². The molecular weight excluding hydrogens is 445 g/mol. The Kier molecular flexibility index (Phi) is 7.14. The molecular formula is C20H24FN3O7S. The zero-order valence-electron chi connectivity index (χ0n) is 17.9. The van der Waals surface area contributed by atoms with Crippen molar-refractivity contribution < 1.29 is 36.7 Å². The Morgan fingerprint density at radius 3 is 2.34 bits per heavy atom. The van der Waals surface area contributed by atoms with Crippen molar-refractivity contribution in [3.8, 4) is 17.8 Å². The third-order valence-corrected chi connectivity index (χ3v) is 6.64. The summed E-state index contributed by atoms with van der Waals surface area (Å²) in [4.78, 5) is 25.6. The van der Waals surface area contributed by atoms with Gasteiger partial charge in [0.25, 0.3) is 10.0 Å². The molecule has 1 fully saturated rings. The number of ether oxygens (including phenoxy) is 3. The largest absolute Gasteiger partial charge is 0.481 e. The van der Waals surface area contributed by atoms with Gasteiger partial charge in [0.05, 0.1) is 25.2 Å². The van der Waals surface area contributed by atoms with Gasteiger partial charge in [0.2, 0.25) is 17.4 Å². The predicted molar refractivity (Wildman–Crippen MR) is 109 cm³/mol. The van der Waals surface area contributed by atoms with E-state index in [2.05, 4.69) is 9.97 Å². The lowest BCUT2D eigenvalue weighted by atomic mass is 9.83. The van der Waals surface area contributed by atoms with Gasteiger partial charge in [-0.2, -0.15) is 9.97 Å². The second kappa shape index (κ2) is 9.65. The standard InChI is InChI=1S/C20H24FN3O7S/c1-24(32(26,27)14-9-5-4-6-10-14)31-18(25)20(21)12-8-7-11-15(20)30-19-22-16(28-2)13-17(23-19)29-3/h4-6,9-10,13,15H,7-8,11-12H2,1-3H3. The van der Waals surface area contributed by atoms with Crippen molar-refractivity contribution in [2.75, 3.05) is 21.3 Å². The molecule has 1 aliphatic carbocycles. The zero-order valence-corrected chi connectivity index (χ0v) is 18.7. The zero-order chi connectivity index (χ0) is 23.4. The maximum atomic E-state index is 15.9. The van der Waals surface area contributed by atoms with E-state index in [0.717, 1.165) is 7.05 Å². The fourth-order valence-corrected chi connectivity index (χ4v) is 4.21. The van der Waals surface area contributed by atoms with Gasteiger partial charge in [-0.3, -0.25) is 0 Å². The Balaban J connectivity index is 1.80. The summed E-state index contributed by atoms with van der Waals surface area (Å²) in [5, 5.41) is 0. The molecule has 1 aromatic carbocycles. The van der Waals surface area contributed by atoms with Crippen LogP contribution in [0.5, 0.6) is 17.8 Å². The molecule has 2 atom stereocenters. The van der Waals surface area contributed by atoms with E-state index in [1.54, 1.807) is 6.07 Å². The van der Waals surface area contributed by atoms with E-state index in [1.165, 1.54) is 44.6 Å². The first-order valence-corrected chi connectivity index (χ1v) is 11.2. The molecule has 0 saturated heterocycles. The number of carbonyl (C=O) groups excluding carboxylic acids is 1. The number of methoxy groups -OCH3 is 2. The number of aromatic nitrogens is 2. The Hall–Kier alpha value is -2.99.